The highest BCUT2D eigenvalue weighted by Crippen LogP contribution is 2.13. The van der Waals surface area contributed by atoms with Crippen molar-refractivity contribution in [2.45, 2.75) is 32.9 Å². The summed E-state index contributed by atoms with van der Waals surface area (Å²) in [5.74, 6) is 0.934. The minimum absolute atomic E-state index is 0.222. The lowest BCUT2D eigenvalue weighted by atomic mass is 10.2. The molecule has 0 unspecified atom stereocenters. The molecule has 1 aromatic rings. The Labute approximate surface area is 111 Å². The van der Waals surface area contributed by atoms with E-state index < -0.39 is 0 Å². The molecule has 0 bridgehead atoms. The molecule has 0 spiro atoms. The van der Waals surface area contributed by atoms with Crippen molar-refractivity contribution in [3.63, 3.8) is 0 Å². The third-order valence-electron chi connectivity index (χ3n) is 2.15. The van der Waals surface area contributed by atoms with Crippen molar-refractivity contribution in [2.24, 2.45) is 0 Å². The molecule has 0 saturated carbocycles. The third-order valence-corrected chi connectivity index (χ3v) is 3.24. The third kappa shape index (κ3) is 4.44. The molecule has 0 radical (unpaired) electrons. The zero-order valence-corrected chi connectivity index (χ0v) is 11.8. The van der Waals surface area contributed by atoms with Gasteiger partial charge in [-0.25, -0.2) is 0 Å². The van der Waals surface area contributed by atoms with Crippen LogP contribution in [-0.2, 0) is 4.79 Å². The van der Waals surface area contributed by atoms with Crippen LogP contribution >= 0.6 is 11.8 Å². The van der Waals surface area contributed by atoms with Crippen LogP contribution in [0.3, 0.4) is 0 Å². The Bertz CT molecular complexity index is 441. The van der Waals surface area contributed by atoms with E-state index in [0.29, 0.717) is 28.1 Å². The van der Waals surface area contributed by atoms with Gasteiger partial charge in [-0.3, -0.25) is 20.4 Å². The summed E-state index contributed by atoms with van der Waals surface area (Å²) in [6, 6.07) is 1.64. The number of thioether (sulfide) groups is 1. The maximum absolute atomic E-state index is 11.7. The Morgan fingerprint density at radius 1 is 1.33 bits per heavy atom. The Balaban J connectivity index is 2.42. The van der Waals surface area contributed by atoms with E-state index in [1.165, 1.54) is 11.8 Å². The first-order chi connectivity index (χ1) is 8.40. The topological polar surface area (TPSA) is 71.3 Å². The second kappa shape index (κ2) is 6.49. The first-order valence-corrected chi connectivity index (χ1v) is 6.73. The van der Waals surface area contributed by atoms with Crippen LogP contribution in [-0.4, -0.2) is 22.8 Å². The number of amides is 2. The quantitative estimate of drug-likeness (QED) is 0.818. The molecule has 2 amide bonds. The molecule has 0 aliphatic rings. The van der Waals surface area contributed by atoms with Gasteiger partial charge in [0.1, 0.15) is 11.5 Å². The van der Waals surface area contributed by atoms with E-state index in [4.69, 9.17) is 4.42 Å². The number of hydrogen-bond donors (Lipinski definition) is 2. The summed E-state index contributed by atoms with van der Waals surface area (Å²) < 4.78 is 5.24. The number of furan rings is 1. The molecule has 0 aliphatic carbocycles. The smallest absolute Gasteiger partial charge is 0.273 e. The van der Waals surface area contributed by atoms with E-state index in [-0.39, 0.29) is 11.8 Å². The first kappa shape index (κ1) is 14.6. The van der Waals surface area contributed by atoms with Crippen LogP contribution in [0.4, 0.5) is 0 Å². The van der Waals surface area contributed by atoms with Crippen LogP contribution in [0.15, 0.2) is 10.5 Å². The average Bonchev–Trinajstić information content (AvgIpc) is 2.62. The van der Waals surface area contributed by atoms with E-state index in [1.807, 2.05) is 13.8 Å². The summed E-state index contributed by atoms with van der Waals surface area (Å²) >= 11 is 1.51. The number of aryl methyl sites for hydroxylation is 2. The van der Waals surface area contributed by atoms with Crippen molar-refractivity contribution in [3.8, 4) is 0 Å². The normalized spacial score (nSPS) is 10.5. The van der Waals surface area contributed by atoms with Crippen LogP contribution in [0.25, 0.3) is 0 Å². The molecular formula is C12H18N2O3S. The van der Waals surface area contributed by atoms with E-state index in [0.717, 1.165) is 0 Å². The summed E-state index contributed by atoms with van der Waals surface area (Å²) in [4.78, 5) is 23.1. The van der Waals surface area contributed by atoms with Crippen molar-refractivity contribution in [3.05, 3.63) is 23.2 Å². The number of carbonyl (C=O) groups is 2. The lowest BCUT2D eigenvalue weighted by Gasteiger charge is -2.07. The standard InChI is InChI=1S/C12H18N2O3S/c1-7(2)18-6-11(15)13-14-12(16)10-5-8(3)17-9(10)4/h5,7H,6H2,1-4H3,(H,13,15)(H,14,16). The highest BCUT2D eigenvalue weighted by Gasteiger charge is 2.14. The highest BCUT2D eigenvalue weighted by molar-refractivity contribution is 8.00. The molecule has 6 heteroatoms. The van der Waals surface area contributed by atoms with Gasteiger partial charge >= 0.3 is 0 Å². The first-order valence-electron chi connectivity index (χ1n) is 5.68. The zero-order valence-electron chi connectivity index (χ0n) is 11.0. The molecule has 0 saturated heterocycles. The predicted octanol–water partition coefficient (Wildman–Crippen LogP) is 1.80. The van der Waals surface area contributed by atoms with Crippen LogP contribution < -0.4 is 10.9 Å². The second-order valence-electron chi connectivity index (χ2n) is 4.19. The van der Waals surface area contributed by atoms with Gasteiger partial charge in [-0.2, -0.15) is 0 Å². The molecule has 100 valence electrons. The number of carbonyl (C=O) groups excluding carboxylic acids is 2. The van der Waals surface area contributed by atoms with Gasteiger partial charge in [-0.1, -0.05) is 13.8 Å². The molecule has 1 rings (SSSR count). The Kier molecular flexibility index (Phi) is 5.27. The largest absolute Gasteiger partial charge is 0.466 e. The molecule has 0 fully saturated rings. The summed E-state index contributed by atoms with van der Waals surface area (Å²) in [7, 11) is 0. The summed E-state index contributed by atoms with van der Waals surface area (Å²) in [6.45, 7) is 7.49. The van der Waals surface area contributed by atoms with Crippen molar-refractivity contribution in [1.82, 2.24) is 10.9 Å². The highest BCUT2D eigenvalue weighted by atomic mass is 32.2. The molecule has 2 N–H and O–H groups in total. The van der Waals surface area contributed by atoms with Gasteiger partial charge in [0, 0.05) is 0 Å². The molecule has 0 aliphatic heterocycles. The maximum atomic E-state index is 11.7. The lowest BCUT2D eigenvalue weighted by Crippen LogP contribution is -2.42. The van der Waals surface area contributed by atoms with Crippen LogP contribution in [0.5, 0.6) is 0 Å². The monoisotopic (exact) mass is 270 g/mol. The Morgan fingerprint density at radius 3 is 2.50 bits per heavy atom. The molecule has 1 aromatic heterocycles. The van der Waals surface area contributed by atoms with Gasteiger partial charge < -0.3 is 4.42 Å². The predicted molar refractivity (Wildman–Crippen MR) is 71.4 cm³/mol. The van der Waals surface area contributed by atoms with Crippen LogP contribution in [0.2, 0.25) is 0 Å². The second-order valence-corrected chi connectivity index (χ2v) is 5.75. The molecule has 18 heavy (non-hydrogen) atoms. The number of rotatable bonds is 4. The van der Waals surface area contributed by atoms with E-state index >= 15 is 0 Å². The minimum Gasteiger partial charge on any atom is -0.466 e. The summed E-state index contributed by atoms with van der Waals surface area (Å²) in [5.41, 5.74) is 5.17. The SMILES string of the molecule is Cc1cc(C(=O)NNC(=O)CSC(C)C)c(C)o1. The van der Waals surface area contributed by atoms with E-state index in [9.17, 15) is 9.59 Å². The van der Waals surface area contributed by atoms with Gasteiger partial charge in [-0.05, 0) is 25.2 Å². The van der Waals surface area contributed by atoms with E-state index in [2.05, 4.69) is 10.9 Å². The fraction of sp³-hybridized carbons (Fsp3) is 0.500. The van der Waals surface area contributed by atoms with Gasteiger partial charge in [0.15, 0.2) is 0 Å². The van der Waals surface area contributed by atoms with Crippen molar-refractivity contribution >= 4 is 23.6 Å². The summed E-state index contributed by atoms with van der Waals surface area (Å²) in [6.07, 6.45) is 0. The Hall–Kier alpha value is -1.43. The fourth-order valence-electron chi connectivity index (χ4n) is 1.33. The molecular weight excluding hydrogens is 252 g/mol. The van der Waals surface area contributed by atoms with Crippen LogP contribution in [0.1, 0.15) is 35.7 Å². The Morgan fingerprint density at radius 2 is 2.00 bits per heavy atom. The van der Waals surface area contributed by atoms with Gasteiger partial charge in [0.05, 0.1) is 11.3 Å². The van der Waals surface area contributed by atoms with E-state index in [1.54, 1.807) is 19.9 Å². The number of hydrazine groups is 1. The molecule has 5 nitrogen and oxygen atoms in total. The van der Waals surface area contributed by atoms with Crippen LogP contribution in [0, 0.1) is 13.8 Å². The molecule has 0 atom stereocenters. The van der Waals surface area contributed by atoms with Gasteiger partial charge in [0.25, 0.3) is 5.91 Å². The lowest BCUT2D eigenvalue weighted by molar-refractivity contribution is -0.119. The number of nitrogens with one attached hydrogen (secondary N) is 2. The minimum atomic E-state index is -0.368. The van der Waals surface area contributed by atoms with Crippen molar-refractivity contribution in [1.29, 1.82) is 0 Å². The summed E-state index contributed by atoms with van der Waals surface area (Å²) in [5, 5.41) is 0.380. The average molecular weight is 270 g/mol. The van der Waals surface area contributed by atoms with Gasteiger partial charge in [0.2, 0.25) is 5.91 Å². The molecule has 0 aromatic carbocycles. The van der Waals surface area contributed by atoms with Crippen molar-refractivity contribution in [2.75, 3.05) is 5.75 Å². The van der Waals surface area contributed by atoms with Crippen molar-refractivity contribution < 1.29 is 14.0 Å². The maximum Gasteiger partial charge on any atom is 0.273 e. The van der Waals surface area contributed by atoms with Gasteiger partial charge in [-0.15, -0.1) is 11.8 Å². The number of hydrogen-bond acceptors (Lipinski definition) is 4. The molecule has 1 heterocycles. The fourth-order valence-corrected chi connectivity index (χ4v) is 1.89. The zero-order chi connectivity index (χ0) is 13.7.